The highest BCUT2D eigenvalue weighted by atomic mass is 35.5. The van der Waals surface area contributed by atoms with E-state index in [2.05, 4.69) is 17.2 Å². The van der Waals surface area contributed by atoms with Crippen molar-refractivity contribution in [1.82, 2.24) is 10.6 Å². The Balaban J connectivity index is 2.29. The monoisotopic (exact) mass is 370 g/mol. The number of amides is 2. The number of methoxy groups -OCH3 is 1. The molecule has 0 heterocycles. The summed E-state index contributed by atoms with van der Waals surface area (Å²) in [5.74, 6) is -0.204. The van der Waals surface area contributed by atoms with E-state index in [-0.39, 0.29) is 17.8 Å². The minimum absolute atomic E-state index is 0.0990. The summed E-state index contributed by atoms with van der Waals surface area (Å²) in [6.45, 7) is 3.84. The molecule has 0 aliphatic heterocycles. The largest absolute Gasteiger partial charge is 0.497 e. The molecule has 2 N–H and O–H groups in total. The number of nitrogens with one attached hydrogen (secondary N) is 2. The predicted octanol–water partition coefficient (Wildman–Crippen LogP) is 3.42. The Morgan fingerprint density at radius 2 is 1.85 bits per heavy atom. The van der Waals surface area contributed by atoms with Gasteiger partial charge in [0.15, 0.2) is 0 Å². The molecule has 0 radical (unpaired) electrons. The van der Waals surface area contributed by atoms with Crippen LogP contribution in [0, 0.1) is 0 Å². The minimum atomic E-state index is -0.468. The highest BCUT2D eigenvalue weighted by molar-refractivity contribution is 6.34. The first-order valence-corrected chi connectivity index (χ1v) is 8.23. The molecule has 0 atom stereocenters. The molecular weight excluding hydrogens is 352 g/mol. The van der Waals surface area contributed by atoms with Crippen molar-refractivity contribution in [3.8, 4) is 5.75 Å². The number of carbonyl (C=O) groups excluding carboxylic acids is 2. The Bertz CT molecular complexity index is 829. The summed E-state index contributed by atoms with van der Waals surface area (Å²) >= 11 is 6.05. The molecule has 0 aromatic heterocycles. The van der Waals surface area contributed by atoms with Crippen LogP contribution in [-0.4, -0.2) is 25.5 Å². The molecular formula is C20H19ClN2O3. The number of rotatable bonds is 7. The standard InChI is InChI=1S/C20H19ClN2O3/c1-3-12-22-20(25)18(13-14-8-10-15(26-2)11-9-14)23-19(24)16-6-4-5-7-17(16)21/h3-11,13H,1,12H2,2H3,(H,22,25)(H,23,24)/b18-13+. The van der Waals surface area contributed by atoms with Gasteiger partial charge in [-0.15, -0.1) is 6.58 Å². The lowest BCUT2D eigenvalue weighted by molar-refractivity contribution is -0.117. The van der Waals surface area contributed by atoms with Gasteiger partial charge in [-0.3, -0.25) is 9.59 Å². The molecule has 2 amide bonds. The van der Waals surface area contributed by atoms with Crippen molar-refractivity contribution in [2.45, 2.75) is 0 Å². The van der Waals surface area contributed by atoms with Crippen LogP contribution in [0.1, 0.15) is 15.9 Å². The molecule has 0 aliphatic rings. The number of ether oxygens (including phenoxy) is 1. The molecule has 0 aliphatic carbocycles. The van der Waals surface area contributed by atoms with Gasteiger partial charge in [0.2, 0.25) is 0 Å². The minimum Gasteiger partial charge on any atom is -0.497 e. The normalized spacial score (nSPS) is 10.8. The summed E-state index contributed by atoms with van der Waals surface area (Å²) in [5, 5.41) is 5.57. The van der Waals surface area contributed by atoms with Gasteiger partial charge in [-0.25, -0.2) is 0 Å². The summed E-state index contributed by atoms with van der Waals surface area (Å²) < 4.78 is 5.11. The third-order valence-corrected chi connectivity index (χ3v) is 3.77. The first kappa shape index (κ1) is 19.3. The SMILES string of the molecule is C=CCNC(=O)/C(=C\c1ccc(OC)cc1)NC(=O)c1ccccc1Cl. The Morgan fingerprint density at radius 3 is 2.46 bits per heavy atom. The van der Waals surface area contributed by atoms with Crippen molar-refractivity contribution in [2.24, 2.45) is 0 Å². The van der Waals surface area contributed by atoms with Crippen molar-refractivity contribution < 1.29 is 14.3 Å². The molecule has 134 valence electrons. The van der Waals surface area contributed by atoms with Gasteiger partial charge >= 0.3 is 0 Å². The summed E-state index contributed by atoms with van der Waals surface area (Å²) in [5.41, 5.74) is 1.11. The van der Waals surface area contributed by atoms with Gasteiger partial charge in [0, 0.05) is 6.54 Å². The van der Waals surface area contributed by atoms with Crippen molar-refractivity contribution in [1.29, 1.82) is 0 Å². The summed E-state index contributed by atoms with van der Waals surface area (Å²) in [6, 6.07) is 13.7. The number of carbonyl (C=O) groups is 2. The molecule has 2 aromatic rings. The van der Waals surface area contributed by atoms with Crippen LogP contribution in [0.25, 0.3) is 6.08 Å². The lowest BCUT2D eigenvalue weighted by Gasteiger charge is -2.11. The maximum Gasteiger partial charge on any atom is 0.268 e. The molecule has 0 spiro atoms. The third kappa shape index (κ3) is 5.22. The zero-order valence-electron chi connectivity index (χ0n) is 14.3. The molecule has 0 fully saturated rings. The average molecular weight is 371 g/mol. The summed E-state index contributed by atoms with van der Waals surface area (Å²) in [6.07, 6.45) is 3.13. The van der Waals surface area contributed by atoms with Crippen molar-refractivity contribution in [3.05, 3.63) is 83.0 Å². The van der Waals surface area contributed by atoms with E-state index in [0.29, 0.717) is 10.8 Å². The number of benzene rings is 2. The van der Waals surface area contributed by atoms with Crippen LogP contribution in [0.15, 0.2) is 66.9 Å². The first-order chi connectivity index (χ1) is 12.5. The molecule has 6 heteroatoms. The smallest absolute Gasteiger partial charge is 0.268 e. The fourth-order valence-corrected chi connectivity index (χ4v) is 2.34. The number of hydrogen-bond acceptors (Lipinski definition) is 3. The second kappa shape index (κ2) is 9.44. The van der Waals surface area contributed by atoms with Gasteiger partial charge in [-0.1, -0.05) is 41.9 Å². The van der Waals surface area contributed by atoms with E-state index in [1.165, 1.54) is 0 Å². The molecule has 0 unspecified atom stereocenters. The van der Waals surface area contributed by atoms with Crippen LogP contribution in [0.3, 0.4) is 0 Å². The van der Waals surface area contributed by atoms with Crippen molar-refractivity contribution in [2.75, 3.05) is 13.7 Å². The third-order valence-electron chi connectivity index (χ3n) is 3.45. The van der Waals surface area contributed by atoms with Crippen molar-refractivity contribution in [3.63, 3.8) is 0 Å². The van der Waals surface area contributed by atoms with Gasteiger partial charge in [-0.05, 0) is 35.9 Å². The molecule has 5 nitrogen and oxygen atoms in total. The van der Waals surface area contributed by atoms with E-state index < -0.39 is 11.8 Å². The molecule has 26 heavy (non-hydrogen) atoms. The topological polar surface area (TPSA) is 67.4 Å². The van der Waals surface area contributed by atoms with Crippen molar-refractivity contribution >= 4 is 29.5 Å². The quantitative estimate of drug-likeness (QED) is 0.579. The van der Waals surface area contributed by atoms with E-state index in [1.54, 1.807) is 67.8 Å². The van der Waals surface area contributed by atoms with Gasteiger partial charge in [0.1, 0.15) is 11.4 Å². The highest BCUT2D eigenvalue weighted by Crippen LogP contribution is 2.16. The van der Waals surface area contributed by atoms with Crippen LogP contribution in [0.5, 0.6) is 5.75 Å². The van der Waals surface area contributed by atoms with E-state index in [1.807, 2.05) is 0 Å². The fraction of sp³-hybridized carbons (Fsp3) is 0.100. The fourth-order valence-electron chi connectivity index (χ4n) is 2.12. The molecule has 0 bridgehead atoms. The van der Waals surface area contributed by atoms with E-state index in [0.717, 1.165) is 5.56 Å². The Morgan fingerprint density at radius 1 is 1.15 bits per heavy atom. The Hall–Kier alpha value is -3.05. The Labute approximate surface area is 157 Å². The second-order valence-electron chi connectivity index (χ2n) is 5.26. The van der Waals surface area contributed by atoms with Gasteiger partial charge in [0.05, 0.1) is 17.7 Å². The predicted molar refractivity (Wildman–Crippen MR) is 103 cm³/mol. The number of hydrogen-bond donors (Lipinski definition) is 2. The maximum atomic E-state index is 12.5. The second-order valence-corrected chi connectivity index (χ2v) is 5.67. The highest BCUT2D eigenvalue weighted by Gasteiger charge is 2.16. The zero-order chi connectivity index (χ0) is 18.9. The number of halogens is 1. The van der Waals surface area contributed by atoms with Crippen LogP contribution in [-0.2, 0) is 4.79 Å². The van der Waals surface area contributed by atoms with Crippen LogP contribution >= 0.6 is 11.6 Å². The van der Waals surface area contributed by atoms with Crippen LogP contribution in [0.4, 0.5) is 0 Å². The summed E-state index contributed by atoms with van der Waals surface area (Å²) in [4.78, 5) is 24.9. The maximum absolute atomic E-state index is 12.5. The lowest BCUT2D eigenvalue weighted by Crippen LogP contribution is -2.35. The van der Waals surface area contributed by atoms with Crippen LogP contribution in [0.2, 0.25) is 5.02 Å². The van der Waals surface area contributed by atoms with E-state index in [4.69, 9.17) is 16.3 Å². The molecule has 2 aromatic carbocycles. The van der Waals surface area contributed by atoms with Crippen LogP contribution < -0.4 is 15.4 Å². The Kier molecular flexibility index (Phi) is 7.00. The van der Waals surface area contributed by atoms with Gasteiger partial charge < -0.3 is 15.4 Å². The van der Waals surface area contributed by atoms with E-state index >= 15 is 0 Å². The molecule has 0 saturated carbocycles. The average Bonchev–Trinajstić information content (AvgIpc) is 2.66. The molecule has 2 rings (SSSR count). The molecule has 0 saturated heterocycles. The van der Waals surface area contributed by atoms with Gasteiger partial charge in [0.25, 0.3) is 11.8 Å². The lowest BCUT2D eigenvalue weighted by atomic mass is 10.1. The van der Waals surface area contributed by atoms with E-state index in [9.17, 15) is 9.59 Å². The first-order valence-electron chi connectivity index (χ1n) is 7.86. The van der Waals surface area contributed by atoms with Gasteiger partial charge in [-0.2, -0.15) is 0 Å². The zero-order valence-corrected chi connectivity index (χ0v) is 15.0. The summed E-state index contributed by atoms with van der Waals surface area (Å²) in [7, 11) is 1.57.